The zero-order valence-electron chi connectivity index (χ0n) is 18.2. The highest BCUT2D eigenvalue weighted by atomic mass is 16.5. The predicted octanol–water partition coefficient (Wildman–Crippen LogP) is 3.25. The van der Waals surface area contributed by atoms with E-state index in [1.54, 1.807) is 18.2 Å². The smallest absolute Gasteiger partial charge is 0.227 e. The Hall–Kier alpha value is -3.67. The first-order valence-electron chi connectivity index (χ1n) is 10.7. The number of para-hydroxylation sites is 1. The van der Waals surface area contributed by atoms with E-state index < -0.39 is 5.41 Å². The Morgan fingerprint density at radius 1 is 1.06 bits per heavy atom. The molecule has 0 radical (unpaired) electrons. The first-order chi connectivity index (χ1) is 15.5. The van der Waals surface area contributed by atoms with E-state index in [-0.39, 0.29) is 18.2 Å². The lowest BCUT2D eigenvalue weighted by Gasteiger charge is -2.27. The second-order valence-electron chi connectivity index (χ2n) is 8.27. The molecule has 0 aliphatic carbocycles. The standard InChI is InChI=1S/C26H27N3O3/c1-32-23-11-5-3-7-19(23)15-24(30)29-14-12-26(18-29,25(27)31)16-20-8-2-4-10-22(20)21-9-6-13-28-17-21/h2-11,13,17H,12,14-16,18H2,1H3,(H2,27,31)/t26-/m0/s1. The molecule has 1 fully saturated rings. The summed E-state index contributed by atoms with van der Waals surface area (Å²) < 4.78 is 5.37. The summed E-state index contributed by atoms with van der Waals surface area (Å²) >= 11 is 0. The van der Waals surface area contributed by atoms with Gasteiger partial charge in [0.25, 0.3) is 0 Å². The lowest BCUT2D eigenvalue weighted by atomic mass is 9.78. The minimum absolute atomic E-state index is 0.0295. The van der Waals surface area contributed by atoms with E-state index in [9.17, 15) is 9.59 Å². The van der Waals surface area contributed by atoms with Gasteiger partial charge in [0.15, 0.2) is 0 Å². The van der Waals surface area contributed by atoms with Crippen molar-refractivity contribution in [2.75, 3.05) is 20.2 Å². The van der Waals surface area contributed by atoms with E-state index in [0.29, 0.717) is 31.7 Å². The molecule has 3 aromatic rings. The van der Waals surface area contributed by atoms with Gasteiger partial charge in [-0.3, -0.25) is 14.6 Å². The second-order valence-corrected chi connectivity index (χ2v) is 8.27. The number of aromatic nitrogens is 1. The van der Waals surface area contributed by atoms with Crippen LogP contribution in [0.25, 0.3) is 11.1 Å². The topological polar surface area (TPSA) is 85.5 Å². The van der Waals surface area contributed by atoms with Gasteiger partial charge in [-0.1, -0.05) is 48.5 Å². The number of hydrogen-bond acceptors (Lipinski definition) is 4. The monoisotopic (exact) mass is 429 g/mol. The molecule has 0 unspecified atom stereocenters. The Labute approximate surface area is 188 Å². The summed E-state index contributed by atoms with van der Waals surface area (Å²) in [7, 11) is 1.59. The minimum atomic E-state index is -0.797. The van der Waals surface area contributed by atoms with Crippen molar-refractivity contribution in [3.63, 3.8) is 0 Å². The van der Waals surface area contributed by atoms with Gasteiger partial charge in [0.05, 0.1) is 18.9 Å². The molecule has 0 spiro atoms. The molecule has 1 atom stereocenters. The number of primary amides is 1. The highest BCUT2D eigenvalue weighted by Crippen LogP contribution is 2.37. The average Bonchev–Trinajstić information content (AvgIpc) is 3.26. The molecule has 2 amide bonds. The average molecular weight is 430 g/mol. The molecule has 2 N–H and O–H groups in total. The van der Waals surface area contributed by atoms with Gasteiger partial charge in [-0.2, -0.15) is 0 Å². The maximum absolute atomic E-state index is 13.0. The van der Waals surface area contributed by atoms with Gasteiger partial charge in [-0.25, -0.2) is 0 Å². The lowest BCUT2D eigenvalue weighted by Crippen LogP contribution is -2.43. The molecule has 0 bridgehead atoms. The van der Waals surface area contributed by atoms with Gasteiger partial charge < -0.3 is 15.4 Å². The van der Waals surface area contributed by atoms with Crippen molar-refractivity contribution in [2.45, 2.75) is 19.3 Å². The van der Waals surface area contributed by atoms with E-state index in [0.717, 1.165) is 22.3 Å². The Bertz CT molecular complexity index is 1120. The number of methoxy groups -OCH3 is 1. The molecule has 2 heterocycles. The molecular weight excluding hydrogens is 402 g/mol. The number of carbonyl (C=O) groups is 2. The highest BCUT2D eigenvalue weighted by Gasteiger charge is 2.45. The molecule has 6 heteroatoms. The number of benzene rings is 2. The van der Waals surface area contributed by atoms with Crippen LogP contribution in [-0.2, 0) is 22.4 Å². The number of hydrogen-bond donors (Lipinski definition) is 1. The molecule has 1 saturated heterocycles. The Kier molecular flexibility index (Phi) is 6.21. The van der Waals surface area contributed by atoms with E-state index in [1.165, 1.54) is 0 Å². The highest BCUT2D eigenvalue weighted by molar-refractivity contribution is 5.85. The van der Waals surface area contributed by atoms with E-state index in [4.69, 9.17) is 10.5 Å². The van der Waals surface area contributed by atoms with Crippen LogP contribution >= 0.6 is 0 Å². The number of ether oxygens (including phenoxy) is 1. The van der Waals surface area contributed by atoms with Crippen LogP contribution < -0.4 is 10.5 Å². The summed E-state index contributed by atoms with van der Waals surface area (Å²) in [5.41, 5.74) is 9.00. The third-order valence-corrected chi connectivity index (χ3v) is 6.28. The first-order valence-corrected chi connectivity index (χ1v) is 10.7. The Morgan fingerprint density at radius 2 is 1.81 bits per heavy atom. The Morgan fingerprint density at radius 3 is 2.53 bits per heavy atom. The normalized spacial score (nSPS) is 17.8. The molecule has 1 aliphatic rings. The summed E-state index contributed by atoms with van der Waals surface area (Å²) in [5.74, 6) is 0.288. The summed E-state index contributed by atoms with van der Waals surface area (Å²) in [4.78, 5) is 31.7. The number of carbonyl (C=O) groups excluding carboxylic acids is 2. The molecule has 6 nitrogen and oxygen atoms in total. The number of rotatable bonds is 7. The van der Waals surface area contributed by atoms with E-state index in [2.05, 4.69) is 4.98 Å². The maximum atomic E-state index is 13.0. The van der Waals surface area contributed by atoms with Crippen molar-refractivity contribution in [3.8, 4) is 16.9 Å². The van der Waals surface area contributed by atoms with Crippen LogP contribution in [0, 0.1) is 5.41 Å². The fourth-order valence-corrected chi connectivity index (χ4v) is 4.48. The van der Waals surface area contributed by atoms with E-state index in [1.807, 2.05) is 66.9 Å². The molecular formula is C26H27N3O3. The number of amides is 2. The zero-order valence-corrected chi connectivity index (χ0v) is 18.2. The predicted molar refractivity (Wildman–Crippen MR) is 123 cm³/mol. The summed E-state index contributed by atoms with van der Waals surface area (Å²) in [6.45, 7) is 0.823. The van der Waals surface area contributed by atoms with Crippen molar-refractivity contribution < 1.29 is 14.3 Å². The number of pyridine rings is 1. The van der Waals surface area contributed by atoms with E-state index >= 15 is 0 Å². The fourth-order valence-electron chi connectivity index (χ4n) is 4.48. The molecule has 2 aromatic carbocycles. The molecule has 1 aliphatic heterocycles. The second kappa shape index (κ2) is 9.22. The number of nitrogens with zero attached hydrogens (tertiary/aromatic N) is 2. The minimum Gasteiger partial charge on any atom is -0.496 e. The van der Waals surface area contributed by atoms with Crippen molar-refractivity contribution in [1.29, 1.82) is 0 Å². The third-order valence-electron chi connectivity index (χ3n) is 6.28. The van der Waals surface area contributed by atoms with Crippen molar-refractivity contribution in [2.24, 2.45) is 11.1 Å². The van der Waals surface area contributed by atoms with Gasteiger partial charge in [-0.05, 0) is 36.1 Å². The SMILES string of the molecule is COc1ccccc1CC(=O)N1CC[C@@](Cc2ccccc2-c2cccnc2)(C(N)=O)C1. The summed E-state index contributed by atoms with van der Waals surface area (Å²) in [6.07, 6.45) is 4.80. The van der Waals surface area contributed by atoms with Crippen LogP contribution in [0.3, 0.4) is 0 Å². The third kappa shape index (κ3) is 4.35. The van der Waals surface area contributed by atoms with Crippen LogP contribution in [0.5, 0.6) is 5.75 Å². The van der Waals surface area contributed by atoms with Crippen molar-refractivity contribution in [1.82, 2.24) is 9.88 Å². The van der Waals surface area contributed by atoms with Crippen LogP contribution in [0.2, 0.25) is 0 Å². The van der Waals surface area contributed by atoms with Crippen molar-refractivity contribution in [3.05, 3.63) is 84.2 Å². The first kappa shape index (κ1) is 21.6. The van der Waals surface area contributed by atoms with Crippen molar-refractivity contribution >= 4 is 11.8 Å². The molecule has 32 heavy (non-hydrogen) atoms. The van der Waals surface area contributed by atoms with Gasteiger partial charge in [0, 0.05) is 36.6 Å². The molecule has 0 saturated carbocycles. The number of nitrogens with two attached hydrogens (primary N) is 1. The molecule has 1 aromatic heterocycles. The Balaban J connectivity index is 1.55. The van der Waals surface area contributed by atoms with Gasteiger partial charge >= 0.3 is 0 Å². The molecule has 164 valence electrons. The maximum Gasteiger partial charge on any atom is 0.227 e. The van der Waals surface area contributed by atoms with Gasteiger partial charge in [-0.15, -0.1) is 0 Å². The largest absolute Gasteiger partial charge is 0.496 e. The van der Waals surface area contributed by atoms with Crippen LogP contribution in [0.15, 0.2) is 73.1 Å². The van der Waals surface area contributed by atoms with Gasteiger partial charge in [0.2, 0.25) is 11.8 Å². The van der Waals surface area contributed by atoms with Crippen LogP contribution in [0.4, 0.5) is 0 Å². The lowest BCUT2D eigenvalue weighted by molar-refractivity contribution is -0.131. The summed E-state index contributed by atoms with van der Waals surface area (Å²) in [5, 5.41) is 0. The zero-order chi connectivity index (χ0) is 22.6. The van der Waals surface area contributed by atoms with Crippen LogP contribution in [0.1, 0.15) is 17.5 Å². The molecule has 4 rings (SSSR count). The quantitative estimate of drug-likeness (QED) is 0.625. The fraction of sp³-hybridized carbons (Fsp3) is 0.269. The van der Waals surface area contributed by atoms with Gasteiger partial charge in [0.1, 0.15) is 5.75 Å². The number of likely N-dealkylation sites (tertiary alicyclic amines) is 1. The summed E-state index contributed by atoms with van der Waals surface area (Å²) in [6, 6.07) is 19.4. The van der Waals surface area contributed by atoms with Crippen LogP contribution in [-0.4, -0.2) is 41.9 Å².